The van der Waals surface area contributed by atoms with Crippen molar-refractivity contribution in [3.05, 3.63) is 63.9 Å². The smallest absolute Gasteiger partial charge is 0.244 e. The Morgan fingerprint density at radius 2 is 1.89 bits per heavy atom. The molecule has 0 amide bonds. The lowest BCUT2D eigenvalue weighted by molar-refractivity contribution is 0.632. The molecule has 0 saturated carbocycles. The summed E-state index contributed by atoms with van der Waals surface area (Å²) >= 11 is 1.46. The average Bonchev–Trinajstić information content (AvgIpc) is 3.02. The molecule has 5 nitrogen and oxygen atoms in total. The zero-order valence-electron chi connectivity index (χ0n) is 9.43. The topological polar surface area (TPSA) is 52.7 Å². The molecule has 3 aromatic rings. The second-order valence-corrected chi connectivity index (χ2v) is 4.69. The Morgan fingerprint density at radius 1 is 1.06 bits per heavy atom. The summed E-state index contributed by atoms with van der Waals surface area (Å²) in [6.45, 7) is 0.436. The highest BCUT2D eigenvalue weighted by Gasteiger charge is 2.09. The van der Waals surface area contributed by atoms with Crippen LogP contribution < -0.4 is 5.69 Å². The highest BCUT2D eigenvalue weighted by molar-refractivity contribution is 7.12. The molecule has 0 aliphatic heterocycles. The van der Waals surface area contributed by atoms with Crippen LogP contribution in [0.3, 0.4) is 0 Å². The fraction of sp³-hybridized carbons (Fsp3) is 0.0833. The third kappa shape index (κ3) is 1.98. The van der Waals surface area contributed by atoms with Crippen LogP contribution in [0.2, 0.25) is 0 Å². The molecule has 0 N–H and O–H groups in total. The van der Waals surface area contributed by atoms with Crippen LogP contribution in [0.5, 0.6) is 0 Å². The van der Waals surface area contributed by atoms with E-state index in [1.165, 1.54) is 20.7 Å². The Bertz CT molecular complexity index is 684. The maximum Gasteiger partial charge on any atom is 0.369 e. The van der Waals surface area contributed by atoms with E-state index in [-0.39, 0.29) is 5.69 Å². The van der Waals surface area contributed by atoms with Crippen molar-refractivity contribution in [3.63, 3.8) is 0 Å². The number of hydrogen-bond donors (Lipinski definition) is 0. The van der Waals surface area contributed by atoms with Crippen molar-refractivity contribution in [3.8, 4) is 5.00 Å². The number of aromatic nitrogens is 4. The van der Waals surface area contributed by atoms with E-state index in [4.69, 9.17) is 0 Å². The summed E-state index contributed by atoms with van der Waals surface area (Å²) < 4.78 is 2.67. The predicted molar refractivity (Wildman–Crippen MR) is 69.0 cm³/mol. The van der Waals surface area contributed by atoms with Gasteiger partial charge in [-0.15, -0.1) is 11.3 Å². The van der Waals surface area contributed by atoms with E-state index in [1.807, 2.05) is 47.8 Å². The van der Waals surface area contributed by atoms with Gasteiger partial charge in [0.05, 0.1) is 6.54 Å². The third-order valence-electron chi connectivity index (χ3n) is 2.53. The number of rotatable bonds is 3. The highest BCUT2D eigenvalue weighted by atomic mass is 32.1. The summed E-state index contributed by atoms with van der Waals surface area (Å²) in [6, 6.07) is 13.4. The van der Waals surface area contributed by atoms with Crippen molar-refractivity contribution in [2.45, 2.75) is 6.54 Å². The molecule has 2 heterocycles. The monoisotopic (exact) mass is 258 g/mol. The first kappa shape index (κ1) is 10.9. The summed E-state index contributed by atoms with van der Waals surface area (Å²) in [6.07, 6.45) is 0. The summed E-state index contributed by atoms with van der Waals surface area (Å²) in [7, 11) is 0. The van der Waals surface area contributed by atoms with Crippen LogP contribution in [-0.4, -0.2) is 19.8 Å². The molecule has 0 saturated heterocycles. The quantitative estimate of drug-likeness (QED) is 0.716. The molecule has 0 radical (unpaired) electrons. The minimum absolute atomic E-state index is 0.221. The van der Waals surface area contributed by atoms with Gasteiger partial charge in [0.1, 0.15) is 5.00 Å². The number of benzene rings is 1. The zero-order chi connectivity index (χ0) is 12.4. The van der Waals surface area contributed by atoms with Crippen LogP contribution in [-0.2, 0) is 6.54 Å². The standard InChI is InChI=1S/C12H10N4OS/c17-12-15(9-10-5-2-1-3-6-10)13-14-16(12)11-7-4-8-18-11/h1-8H,9H2. The van der Waals surface area contributed by atoms with Crippen molar-refractivity contribution < 1.29 is 0 Å². The van der Waals surface area contributed by atoms with Gasteiger partial charge in [-0.1, -0.05) is 30.3 Å². The number of nitrogens with zero attached hydrogens (tertiary/aromatic N) is 4. The van der Waals surface area contributed by atoms with Crippen molar-refractivity contribution >= 4 is 11.3 Å². The Morgan fingerprint density at radius 3 is 2.61 bits per heavy atom. The average molecular weight is 258 g/mol. The fourth-order valence-corrected chi connectivity index (χ4v) is 2.33. The molecule has 0 fully saturated rings. The molecule has 0 spiro atoms. The number of thiophene rings is 1. The van der Waals surface area contributed by atoms with E-state index in [1.54, 1.807) is 0 Å². The Kier molecular flexibility index (Phi) is 2.77. The van der Waals surface area contributed by atoms with Gasteiger partial charge in [0.2, 0.25) is 0 Å². The molecule has 1 aromatic carbocycles. The van der Waals surface area contributed by atoms with Crippen molar-refractivity contribution in [2.75, 3.05) is 0 Å². The lowest BCUT2D eigenvalue weighted by Gasteiger charge is -1.97. The molecule has 0 aliphatic rings. The van der Waals surface area contributed by atoms with Crippen molar-refractivity contribution in [2.24, 2.45) is 0 Å². The van der Waals surface area contributed by atoms with Crippen LogP contribution in [0.25, 0.3) is 5.00 Å². The predicted octanol–water partition coefficient (Wildman–Crippen LogP) is 1.54. The van der Waals surface area contributed by atoms with Crippen molar-refractivity contribution in [1.29, 1.82) is 0 Å². The van der Waals surface area contributed by atoms with Crippen LogP contribution in [0.1, 0.15) is 5.56 Å². The molecule has 6 heteroatoms. The van der Waals surface area contributed by atoms with Gasteiger partial charge in [0.25, 0.3) is 0 Å². The Labute approximate surface area is 107 Å². The van der Waals surface area contributed by atoms with E-state index in [0.717, 1.165) is 10.6 Å². The Hall–Kier alpha value is -2.21. The van der Waals surface area contributed by atoms with E-state index in [2.05, 4.69) is 10.4 Å². The molecule has 0 unspecified atom stereocenters. The summed E-state index contributed by atoms with van der Waals surface area (Å²) in [5.74, 6) is 0. The maximum absolute atomic E-state index is 12.1. The third-order valence-corrected chi connectivity index (χ3v) is 3.37. The number of tetrazole rings is 1. The second kappa shape index (κ2) is 4.58. The van der Waals surface area contributed by atoms with Crippen LogP contribution in [0.15, 0.2) is 52.6 Å². The molecule has 18 heavy (non-hydrogen) atoms. The number of hydrogen-bond acceptors (Lipinski definition) is 4. The summed E-state index contributed by atoms with van der Waals surface area (Å²) in [5, 5.41) is 10.5. The molecule has 0 bridgehead atoms. The molecule has 90 valence electrons. The second-order valence-electron chi connectivity index (χ2n) is 3.77. The van der Waals surface area contributed by atoms with Gasteiger partial charge in [-0.25, -0.2) is 4.79 Å². The fourth-order valence-electron chi connectivity index (χ4n) is 1.66. The zero-order valence-corrected chi connectivity index (χ0v) is 10.2. The van der Waals surface area contributed by atoms with Crippen LogP contribution in [0, 0.1) is 0 Å². The highest BCUT2D eigenvalue weighted by Crippen LogP contribution is 2.10. The van der Waals surface area contributed by atoms with E-state index in [0.29, 0.717) is 6.54 Å². The normalized spacial score (nSPS) is 10.7. The lowest BCUT2D eigenvalue weighted by atomic mass is 10.2. The van der Waals surface area contributed by atoms with E-state index in [9.17, 15) is 4.79 Å². The van der Waals surface area contributed by atoms with Gasteiger partial charge in [-0.3, -0.25) is 0 Å². The van der Waals surface area contributed by atoms with E-state index >= 15 is 0 Å². The van der Waals surface area contributed by atoms with Gasteiger partial charge in [-0.05, 0) is 33.5 Å². The molecule has 0 aliphatic carbocycles. The molecule has 2 aromatic heterocycles. The molecule has 3 rings (SSSR count). The summed E-state index contributed by atoms with van der Waals surface area (Å²) in [4.78, 5) is 12.1. The first-order valence-electron chi connectivity index (χ1n) is 5.45. The SMILES string of the molecule is O=c1n(Cc2ccccc2)nnn1-c1cccs1. The first-order valence-corrected chi connectivity index (χ1v) is 6.33. The van der Waals surface area contributed by atoms with Crippen LogP contribution >= 0.6 is 11.3 Å². The van der Waals surface area contributed by atoms with Gasteiger partial charge < -0.3 is 0 Å². The minimum Gasteiger partial charge on any atom is -0.244 e. The summed E-state index contributed by atoms with van der Waals surface area (Å²) in [5.41, 5.74) is 0.805. The van der Waals surface area contributed by atoms with Gasteiger partial charge in [-0.2, -0.15) is 9.36 Å². The van der Waals surface area contributed by atoms with Gasteiger partial charge >= 0.3 is 5.69 Å². The van der Waals surface area contributed by atoms with Crippen molar-refractivity contribution in [1.82, 2.24) is 19.8 Å². The lowest BCUT2D eigenvalue weighted by Crippen LogP contribution is -2.24. The van der Waals surface area contributed by atoms with E-state index < -0.39 is 0 Å². The first-order chi connectivity index (χ1) is 8.84. The minimum atomic E-state index is -0.221. The Balaban J connectivity index is 1.94. The van der Waals surface area contributed by atoms with Gasteiger partial charge in [0.15, 0.2) is 0 Å². The molecular weight excluding hydrogens is 248 g/mol. The molecular formula is C12H10N4OS. The molecule has 0 atom stereocenters. The largest absolute Gasteiger partial charge is 0.369 e. The van der Waals surface area contributed by atoms with Crippen LogP contribution in [0.4, 0.5) is 0 Å². The van der Waals surface area contributed by atoms with Gasteiger partial charge in [0, 0.05) is 0 Å². The maximum atomic E-state index is 12.1.